The van der Waals surface area contributed by atoms with Crippen LogP contribution in [-0.4, -0.2) is 23.7 Å². The summed E-state index contributed by atoms with van der Waals surface area (Å²) < 4.78 is 35.0. The highest BCUT2D eigenvalue weighted by atomic mass is 32.1. The first-order chi connectivity index (χ1) is 12.6. The van der Waals surface area contributed by atoms with Gasteiger partial charge in [-0.05, 0) is 36.8 Å². The van der Waals surface area contributed by atoms with E-state index < -0.39 is 0 Å². The normalized spacial score (nSPS) is 12.0. The number of ether oxygens (including phenoxy) is 1. The molecular weight excluding hydrogens is 358 g/mol. The Labute approximate surface area is 153 Å². The Balaban J connectivity index is 1.95. The number of carbonyl (C=O) groups excluding carboxylic acids is 1. The van der Waals surface area contributed by atoms with Crippen LogP contribution in [0.2, 0.25) is 0 Å². The zero-order valence-electron chi connectivity index (χ0n) is 14.2. The van der Waals surface area contributed by atoms with Crippen LogP contribution in [0, 0.1) is 11.6 Å². The summed E-state index contributed by atoms with van der Waals surface area (Å²) in [5.41, 5.74) is 1.10. The number of benzene rings is 2. The lowest BCUT2D eigenvalue weighted by Gasteiger charge is -2.06. The van der Waals surface area contributed by atoms with Crippen molar-refractivity contribution in [3.63, 3.8) is 0 Å². The van der Waals surface area contributed by atoms with E-state index in [9.17, 15) is 13.6 Å². The van der Waals surface area contributed by atoms with Crippen molar-refractivity contribution in [1.82, 2.24) is 4.57 Å². The molecule has 0 spiro atoms. The molecule has 3 aromatic rings. The van der Waals surface area contributed by atoms with Gasteiger partial charge >= 0.3 is 0 Å². The third-order valence-electron chi connectivity index (χ3n) is 3.80. The van der Waals surface area contributed by atoms with Crippen LogP contribution in [0.4, 0.5) is 8.78 Å². The Kier molecular flexibility index (Phi) is 5.90. The second-order valence-corrected chi connectivity index (χ2v) is 6.64. The molecule has 3 rings (SSSR count). The van der Waals surface area contributed by atoms with E-state index in [1.165, 1.54) is 29.5 Å². The van der Waals surface area contributed by atoms with Gasteiger partial charge in [-0.2, -0.15) is 4.99 Å². The van der Waals surface area contributed by atoms with E-state index in [0.29, 0.717) is 35.6 Å². The van der Waals surface area contributed by atoms with Gasteiger partial charge in [0.1, 0.15) is 11.6 Å². The first-order valence-corrected chi connectivity index (χ1v) is 9.07. The fourth-order valence-corrected chi connectivity index (χ4v) is 3.69. The third-order valence-corrected chi connectivity index (χ3v) is 4.85. The molecule has 2 aromatic carbocycles. The molecule has 0 saturated heterocycles. The van der Waals surface area contributed by atoms with Crippen molar-refractivity contribution < 1.29 is 18.3 Å². The largest absolute Gasteiger partial charge is 0.380 e. The van der Waals surface area contributed by atoms with Crippen LogP contribution in [0.25, 0.3) is 10.2 Å². The van der Waals surface area contributed by atoms with E-state index in [1.807, 2.05) is 6.92 Å². The summed E-state index contributed by atoms with van der Waals surface area (Å²) in [7, 11) is 0. The number of hydrogen-bond acceptors (Lipinski definition) is 3. The number of thiazole rings is 1. The standard InChI is InChI=1S/C19H18F2N2O2S/c1-2-25-11-10-23-18-15(21)4-3-5-16(18)26-19(23)22-17(24)12-13-6-8-14(20)9-7-13/h3-9H,2,10-12H2,1H3. The van der Waals surface area contributed by atoms with Gasteiger partial charge in [0.25, 0.3) is 5.91 Å². The van der Waals surface area contributed by atoms with E-state index in [4.69, 9.17) is 4.74 Å². The fourth-order valence-electron chi connectivity index (χ4n) is 2.60. The lowest BCUT2D eigenvalue weighted by Crippen LogP contribution is -2.20. The molecule has 0 atom stereocenters. The second-order valence-electron chi connectivity index (χ2n) is 5.63. The predicted octanol–water partition coefficient (Wildman–Crippen LogP) is 3.69. The van der Waals surface area contributed by atoms with Gasteiger partial charge in [0, 0.05) is 13.2 Å². The molecule has 0 aliphatic heterocycles. The van der Waals surface area contributed by atoms with Gasteiger partial charge in [0.05, 0.1) is 23.2 Å². The van der Waals surface area contributed by atoms with Crippen LogP contribution in [0.5, 0.6) is 0 Å². The Bertz CT molecular complexity index is 977. The lowest BCUT2D eigenvalue weighted by atomic mass is 10.1. The number of hydrogen-bond donors (Lipinski definition) is 0. The maximum absolute atomic E-state index is 14.3. The summed E-state index contributed by atoms with van der Waals surface area (Å²) >= 11 is 1.26. The van der Waals surface area contributed by atoms with E-state index in [0.717, 1.165) is 4.70 Å². The lowest BCUT2D eigenvalue weighted by molar-refractivity contribution is -0.117. The number of para-hydroxylation sites is 1. The molecule has 0 aliphatic carbocycles. The van der Waals surface area contributed by atoms with Gasteiger partial charge in [0.2, 0.25) is 0 Å². The molecule has 1 heterocycles. The maximum atomic E-state index is 14.3. The van der Waals surface area contributed by atoms with Crippen LogP contribution in [0.3, 0.4) is 0 Å². The van der Waals surface area contributed by atoms with Crippen LogP contribution >= 0.6 is 11.3 Å². The van der Waals surface area contributed by atoms with Crippen molar-refractivity contribution in [2.45, 2.75) is 19.9 Å². The molecule has 136 valence electrons. The molecule has 0 fully saturated rings. The zero-order valence-corrected chi connectivity index (χ0v) is 15.1. The van der Waals surface area contributed by atoms with Crippen LogP contribution in [0.15, 0.2) is 47.5 Å². The topological polar surface area (TPSA) is 43.6 Å². The van der Waals surface area contributed by atoms with Crippen molar-refractivity contribution in [2.75, 3.05) is 13.2 Å². The molecule has 4 nitrogen and oxygen atoms in total. The predicted molar refractivity (Wildman–Crippen MR) is 96.9 cm³/mol. The minimum atomic E-state index is -0.367. The van der Waals surface area contributed by atoms with Crippen molar-refractivity contribution in [3.05, 3.63) is 64.5 Å². The molecule has 0 bridgehead atoms. The number of nitrogens with zero attached hydrogens (tertiary/aromatic N) is 2. The highest BCUT2D eigenvalue weighted by Gasteiger charge is 2.12. The van der Waals surface area contributed by atoms with Gasteiger partial charge < -0.3 is 9.30 Å². The van der Waals surface area contributed by atoms with Gasteiger partial charge in [-0.1, -0.05) is 29.5 Å². The van der Waals surface area contributed by atoms with Crippen molar-refractivity contribution in [1.29, 1.82) is 0 Å². The first-order valence-electron chi connectivity index (χ1n) is 8.26. The second kappa shape index (κ2) is 8.33. The highest BCUT2D eigenvalue weighted by Crippen LogP contribution is 2.20. The molecule has 0 unspecified atom stereocenters. The summed E-state index contributed by atoms with van der Waals surface area (Å²) in [6.45, 7) is 3.24. The van der Waals surface area contributed by atoms with Crippen molar-refractivity contribution in [3.8, 4) is 0 Å². The molecule has 0 aliphatic rings. The minimum absolute atomic E-state index is 0.0580. The average Bonchev–Trinajstić information content (AvgIpc) is 2.96. The number of halogens is 2. The van der Waals surface area contributed by atoms with E-state index in [-0.39, 0.29) is 24.0 Å². The molecule has 1 amide bonds. The molecule has 7 heteroatoms. The molecule has 0 saturated carbocycles. The van der Waals surface area contributed by atoms with E-state index in [2.05, 4.69) is 4.99 Å². The fraction of sp³-hybridized carbons (Fsp3) is 0.263. The van der Waals surface area contributed by atoms with E-state index >= 15 is 0 Å². The zero-order chi connectivity index (χ0) is 18.5. The Morgan fingerprint density at radius 1 is 1.19 bits per heavy atom. The van der Waals surface area contributed by atoms with Crippen LogP contribution in [0.1, 0.15) is 12.5 Å². The summed E-state index contributed by atoms with van der Waals surface area (Å²) in [5, 5.41) is 0. The quantitative estimate of drug-likeness (QED) is 0.616. The molecule has 1 aromatic heterocycles. The summed E-state index contributed by atoms with van der Waals surface area (Å²) in [5.74, 6) is -1.08. The van der Waals surface area contributed by atoms with Gasteiger partial charge in [0.15, 0.2) is 4.80 Å². The Morgan fingerprint density at radius 3 is 2.69 bits per heavy atom. The SMILES string of the molecule is CCOCCn1c(=NC(=O)Cc2ccc(F)cc2)sc2cccc(F)c21. The average molecular weight is 376 g/mol. The Morgan fingerprint density at radius 2 is 1.96 bits per heavy atom. The van der Waals surface area contributed by atoms with Gasteiger partial charge in [-0.25, -0.2) is 8.78 Å². The number of rotatable bonds is 6. The summed E-state index contributed by atoms with van der Waals surface area (Å²) in [6, 6.07) is 10.5. The molecule has 0 radical (unpaired) electrons. The molecule has 26 heavy (non-hydrogen) atoms. The first kappa shape index (κ1) is 18.4. The van der Waals surface area contributed by atoms with Crippen LogP contribution < -0.4 is 4.80 Å². The Hall–Kier alpha value is -2.38. The number of carbonyl (C=O) groups is 1. The number of aromatic nitrogens is 1. The highest BCUT2D eigenvalue weighted by molar-refractivity contribution is 7.16. The summed E-state index contributed by atoms with van der Waals surface area (Å²) in [4.78, 5) is 16.9. The van der Waals surface area contributed by atoms with Gasteiger partial charge in [-0.3, -0.25) is 4.79 Å². The summed E-state index contributed by atoms with van der Waals surface area (Å²) in [6.07, 6.45) is 0.0580. The smallest absolute Gasteiger partial charge is 0.252 e. The van der Waals surface area contributed by atoms with Crippen LogP contribution in [-0.2, 0) is 22.5 Å². The maximum Gasteiger partial charge on any atom is 0.252 e. The molecular formula is C19H18F2N2O2S. The number of amides is 1. The third kappa shape index (κ3) is 4.23. The monoisotopic (exact) mass is 376 g/mol. The van der Waals surface area contributed by atoms with Gasteiger partial charge in [-0.15, -0.1) is 0 Å². The minimum Gasteiger partial charge on any atom is -0.380 e. The molecule has 0 N–H and O–H groups in total. The van der Waals surface area contributed by atoms with Crippen molar-refractivity contribution in [2.24, 2.45) is 4.99 Å². The number of fused-ring (bicyclic) bond motifs is 1. The van der Waals surface area contributed by atoms with E-state index in [1.54, 1.807) is 28.8 Å². The van der Waals surface area contributed by atoms with Crippen molar-refractivity contribution >= 4 is 27.5 Å².